The Morgan fingerprint density at radius 3 is 2.72 bits per heavy atom. The third-order valence-electron chi connectivity index (χ3n) is 5.99. The Labute approximate surface area is 204 Å². The third kappa shape index (κ3) is 5.01. The molecule has 36 heavy (non-hydrogen) atoms. The molecule has 11 heteroatoms. The van der Waals surface area contributed by atoms with E-state index in [0.29, 0.717) is 29.7 Å². The van der Waals surface area contributed by atoms with Crippen molar-refractivity contribution in [2.24, 2.45) is 4.99 Å². The SMILES string of the molecule is CC1=CC(C(F)(F)F)=NC=C(NC(=O)c2n[nH]c3ccc(-c4cncc(N5CCOCC5)c4)cc23)C1. The molecule has 186 valence electrons. The molecule has 2 aromatic heterocycles. The van der Waals surface area contributed by atoms with Crippen LogP contribution in [0.15, 0.2) is 65.2 Å². The van der Waals surface area contributed by atoms with Gasteiger partial charge in [-0.1, -0.05) is 11.6 Å². The number of hydrogen-bond acceptors (Lipinski definition) is 6. The van der Waals surface area contributed by atoms with Crippen molar-refractivity contribution in [2.45, 2.75) is 19.5 Å². The van der Waals surface area contributed by atoms with Crippen LogP contribution in [-0.4, -0.2) is 59.3 Å². The highest BCUT2D eigenvalue weighted by molar-refractivity contribution is 6.06. The Morgan fingerprint density at radius 2 is 1.94 bits per heavy atom. The molecule has 2 N–H and O–H groups in total. The molecule has 0 aliphatic carbocycles. The number of alkyl halides is 3. The molecule has 3 aromatic rings. The number of carbonyl (C=O) groups is 1. The second kappa shape index (κ2) is 9.57. The van der Waals surface area contributed by atoms with Crippen molar-refractivity contribution in [3.63, 3.8) is 0 Å². The number of aromatic amines is 1. The predicted octanol–water partition coefficient (Wildman–Crippen LogP) is 4.39. The van der Waals surface area contributed by atoms with E-state index in [0.717, 1.165) is 42.2 Å². The van der Waals surface area contributed by atoms with Crippen molar-refractivity contribution in [3.05, 3.63) is 65.9 Å². The van der Waals surface area contributed by atoms with Crippen LogP contribution in [0.4, 0.5) is 18.9 Å². The molecule has 2 aliphatic heterocycles. The van der Waals surface area contributed by atoms with Gasteiger partial charge in [0.25, 0.3) is 5.91 Å². The first-order valence-electron chi connectivity index (χ1n) is 11.4. The zero-order valence-electron chi connectivity index (χ0n) is 19.4. The summed E-state index contributed by atoms with van der Waals surface area (Å²) in [5, 5.41) is 10.2. The number of nitrogens with one attached hydrogen (secondary N) is 2. The molecular formula is C25H23F3N6O2. The third-order valence-corrected chi connectivity index (χ3v) is 5.99. The topological polar surface area (TPSA) is 95.5 Å². The van der Waals surface area contributed by atoms with Gasteiger partial charge >= 0.3 is 6.18 Å². The fourth-order valence-electron chi connectivity index (χ4n) is 4.20. The van der Waals surface area contributed by atoms with Crippen LogP contribution in [0.2, 0.25) is 0 Å². The molecule has 4 heterocycles. The number of hydrogen-bond donors (Lipinski definition) is 2. The van der Waals surface area contributed by atoms with Crippen molar-refractivity contribution >= 4 is 28.2 Å². The number of benzene rings is 1. The fourth-order valence-corrected chi connectivity index (χ4v) is 4.20. The summed E-state index contributed by atoms with van der Waals surface area (Å²) in [6.45, 7) is 4.46. The summed E-state index contributed by atoms with van der Waals surface area (Å²) >= 11 is 0. The van der Waals surface area contributed by atoms with Gasteiger partial charge in [-0.15, -0.1) is 0 Å². The Balaban J connectivity index is 1.41. The minimum Gasteiger partial charge on any atom is -0.378 e. The molecule has 8 nitrogen and oxygen atoms in total. The molecular weight excluding hydrogens is 473 g/mol. The van der Waals surface area contributed by atoms with E-state index in [-0.39, 0.29) is 17.8 Å². The summed E-state index contributed by atoms with van der Waals surface area (Å²) in [6, 6.07) is 7.63. The number of morpholine rings is 1. The monoisotopic (exact) mass is 496 g/mol. The number of pyridine rings is 1. The van der Waals surface area contributed by atoms with Crippen molar-refractivity contribution in [2.75, 3.05) is 31.2 Å². The zero-order chi connectivity index (χ0) is 25.3. The van der Waals surface area contributed by atoms with Crippen LogP contribution in [0.5, 0.6) is 0 Å². The quantitative estimate of drug-likeness (QED) is 0.559. The van der Waals surface area contributed by atoms with Gasteiger partial charge in [-0.25, -0.2) is 4.99 Å². The summed E-state index contributed by atoms with van der Waals surface area (Å²) in [7, 11) is 0. The molecule has 0 bridgehead atoms. The molecule has 0 saturated carbocycles. The second-order valence-corrected chi connectivity index (χ2v) is 8.65. The first kappa shape index (κ1) is 23.7. The van der Waals surface area contributed by atoms with Crippen LogP contribution in [0, 0.1) is 0 Å². The molecule has 1 fully saturated rings. The van der Waals surface area contributed by atoms with Gasteiger partial charge in [0, 0.05) is 48.6 Å². The average Bonchev–Trinajstić information content (AvgIpc) is 3.20. The molecule has 0 radical (unpaired) electrons. The molecule has 0 unspecified atom stereocenters. The number of halogens is 3. The highest BCUT2D eigenvalue weighted by Gasteiger charge is 2.34. The van der Waals surface area contributed by atoms with E-state index in [4.69, 9.17) is 4.74 Å². The first-order valence-corrected chi connectivity index (χ1v) is 11.4. The fraction of sp³-hybridized carbons (Fsp3) is 0.280. The van der Waals surface area contributed by atoms with Crippen molar-refractivity contribution in [3.8, 4) is 11.1 Å². The Bertz CT molecular complexity index is 1400. The van der Waals surface area contributed by atoms with Gasteiger partial charge in [-0.3, -0.25) is 14.9 Å². The van der Waals surface area contributed by atoms with Gasteiger partial charge in [0.1, 0.15) is 5.71 Å². The first-order chi connectivity index (χ1) is 17.3. The largest absolute Gasteiger partial charge is 0.433 e. The number of H-pyrrole nitrogens is 1. The Kier molecular flexibility index (Phi) is 6.31. The molecule has 1 aromatic carbocycles. The van der Waals surface area contributed by atoms with Gasteiger partial charge in [0.05, 0.1) is 30.6 Å². The number of ether oxygens (including phenoxy) is 1. The average molecular weight is 496 g/mol. The minimum atomic E-state index is -4.57. The van der Waals surface area contributed by atoms with Crippen LogP contribution in [0.25, 0.3) is 22.0 Å². The number of anilines is 1. The lowest BCUT2D eigenvalue weighted by Crippen LogP contribution is -2.36. The van der Waals surface area contributed by atoms with E-state index in [1.165, 1.54) is 0 Å². The van der Waals surface area contributed by atoms with Gasteiger partial charge in [0.15, 0.2) is 5.69 Å². The van der Waals surface area contributed by atoms with Crippen LogP contribution in [0.3, 0.4) is 0 Å². The van der Waals surface area contributed by atoms with Crippen LogP contribution < -0.4 is 10.2 Å². The lowest BCUT2D eigenvalue weighted by Gasteiger charge is -2.28. The smallest absolute Gasteiger partial charge is 0.378 e. The van der Waals surface area contributed by atoms with Crippen LogP contribution in [0.1, 0.15) is 23.8 Å². The van der Waals surface area contributed by atoms with Gasteiger partial charge in [-0.05, 0) is 36.8 Å². The number of aliphatic imine (C=N–C) groups is 1. The van der Waals surface area contributed by atoms with E-state index in [1.807, 2.05) is 30.5 Å². The Hall–Kier alpha value is -3.99. The Morgan fingerprint density at radius 1 is 1.14 bits per heavy atom. The molecule has 5 rings (SSSR count). The number of rotatable bonds is 4. The van der Waals surface area contributed by atoms with Gasteiger partial charge in [0.2, 0.25) is 0 Å². The number of amides is 1. The second-order valence-electron chi connectivity index (χ2n) is 8.65. The predicted molar refractivity (Wildman–Crippen MR) is 130 cm³/mol. The molecule has 0 atom stereocenters. The number of aromatic nitrogens is 3. The maximum absolute atomic E-state index is 13.1. The molecule has 1 saturated heterocycles. The van der Waals surface area contributed by atoms with Crippen molar-refractivity contribution in [1.82, 2.24) is 20.5 Å². The van der Waals surface area contributed by atoms with Gasteiger partial charge < -0.3 is 15.0 Å². The summed E-state index contributed by atoms with van der Waals surface area (Å²) in [5.74, 6) is -0.539. The number of nitrogens with zero attached hydrogens (tertiary/aromatic N) is 4. The van der Waals surface area contributed by atoms with E-state index >= 15 is 0 Å². The van der Waals surface area contributed by atoms with Crippen molar-refractivity contribution in [1.29, 1.82) is 0 Å². The van der Waals surface area contributed by atoms with Crippen molar-refractivity contribution < 1.29 is 22.7 Å². The zero-order valence-corrected chi connectivity index (χ0v) is 19.4. The van der Waals surface area contributed by atoms with E-state index in [2.05, 4.69) is 30.4 Å². The standard InChI is InChI=1S/C25H23F3N6O2/c1-15-8-18(13-30-22(9-15)25(26,27)28)31-24(35)23-20-11-16(2-3-21(20)32-33-23)17-10-19(14-29-12-17)34-4-6-36-7-5-34/h2-3,9-14H,4-8H2,1H3,(H,31,35)(H,32,33). The highest BCUT2D eigenvalue weighted by atomic mass is 19.4. The number of fused-ring (bicyclic) bond motifs is 1. The number of allylic oxidation sites excluding steroid dienone is 2. The summed E-state index contributed by atoms with van der Waals surface area (Å²) < 4.78 is 44.6. The minimum absolute atomic E-state index is 0.127. The van der Waals surface area contributed by atoms with E-state index in [9.17, 15) is 18.0 Å². The molecule has 1 amide bonds. The van der Waals surface area contributed by atoms with Gasteiger partial charge in [-0.2, -0.15) is 18.3 Å². The lowest BCUT2D eigenvalue weighted by atomic mass is 10.0. The molecule has 0 spiro atoms. The summed E-state index contributed by atoms with van der Waals surface area (Å²) in [4.78, 5) is 23.1. The normalized spacial score (nSPS) is 16.8. The molecule has 2 aliphatic rings. The van der Waals surface area contributed by atoms with E-state index in [1.54, 1.807) is 13.1 Å². The summed E-state index contributed by atoms with van der Waals surface area (Å²) in [6.07, 6.45) is 1.14. The number of carbonyl (C=O) groups excluding carboxylic acids is 1. The highest BCUT2D eigenvalue weighted by Crippen LogP contribution is 2.28. The maximum Gasteiger partial charge on any atom is 0.433 e. The van der Waals surface area contributed by atoms with Crippen LogP contribution >= 0.6 is 0 Å². The lowest BCUT2D eigenvalue weighted by molar-refractivity contribution is -0.0576. The van der Waals surface area contributed by atoms with E-state index < -0.39 is 17.8 Å². The maximum atomic E-state index is 13.1. The summed E-state index contributed by atoms with van der Waals surface area (Å²) in [5.41, 5.74) is 3.19. The van der Waals surface area contributed by atoms with Crippen LogP contribution in [-0.2, 0) is 4.74 Å².